The molecular weight excluding hydrogens is 373 g/mol. The molecule has 2 aliphatic rings. The molecule has 7 nitrogen and oxygen atoms in total. The summed E-state index contributed by atoms with van der Waals surface area (Å²) in [6.07, 6.45) is 4.08. The zero-order chi connectivity index (χ0) is 19.8. The summed E-state index contributed by atoms with van der Waals surface area (Å²) < 4.78 is 21.9. The third-order valence-electron chi connectivity index (χ3n) is 5.50. The zero-order valence-electron chi connectivity index (χ0n) is 15.9. The lowest BCUT2D eigenvalue weighted by Crippen LogP contribution is -2.44. The number of nitrogens with one attached hydrogen (secondary N) is 1. The Morgan fingerprint density at radius 2 is 1.93 bits per heavy atom. The average Bonchev–Trinajstić information content (AvgIpc) is 3.50. The van der Waals surface area contributed by atoms with Gasteiger partial charge in [-0.25, -0.2) is 4.39 Å². The fourth-order valence-electron chi connectivity index (χ4n) is 3.85. The van der Waals surface area contributed by atoms with Gasteiger partial charge < -0.3 is 10.1 Å². The highest BCUT2D eigenvalue weighted by atomic mass is 19.1. The maximum Gasteiger partial charge on any atom is 0.246 e. The monoisotopic (exact) mass is 395 g/mol. The van der Waals surface area contributed by atoms with Crippen LogP contribution in [0.4, 0.5) is 10.1 Å². The van der Waals surface area contributed by atoms with Crippen molar-refractivity contribution in [2.24, 2.45) is 0 Å². The van der Waals surface area contributed by atoms with Crippen LogP contribution in [-0.2, 0) is 9.53 Å². The second-order valence-electron chi connectivity index (χ2n) is 7.54. The van der Waals surface area contributed by atoms with E-state index < -0.39 is 6.04 Å². The van der Waals surface area contributed by atoms with Crippen LogP contribution in [0.3, 0.4) is 0 Å². The summed E-state index contributed by atoms with van der Waals surface area (Å²) in [6.45, 7) is 2.19. The fraction of sp³-hybridized carbons (Fsp3) is 0.381. The molecule has 29 heavy (non-hydrogen) atoms. The van der Waals surface area contributed by atoms with E-state index in [2.05, 4.69) is 15.5 Å². The molecule has 3 aromatic rings. The Bertz CT molecular complexity index is 1040. The number of morpholine rings is 1. The molecule has 1 saturated carbocycles. The first-order valence-corrected chi connectivity index (χ1v) is 9.92. The quantitative estimate of drug-likeness (QED) is 0.719. The summed E-state index contributed by atoms with van der Waals surface area (Å²) in [4.78, 5) is 15.2. The summed E-state index contributed by atoms with van der Waals surface area (Å²) >= 11 is 0. The Morgan fingerprint density at radius 1 is 1.14 bits per heavy atom. The standard InChI is InChI=1S/C21H22FN5O2/c22-17-4-2-1-3-16(17)19(26-9-11-29-12-10-26)21(28)23-15-7-8-18-24-25-20(14-5-6-14)27(18)13-15/h1-4,7-8,13-14,19H,5-6,9-12H2,(H,23,28). The van der Waals surface area contributed by atoms with Gasteiger partial charge >= 0.3 is 0 Å². The second kappa shape index (κ2) is 7.53. The summed E-state index contributed by atoms with van der Waals surface area (Å²) in [5.41, 5.74) is 1.76. The number of halogens is 1. The topological polar surface area (TPSA) is 71.8 Å². The Hall–Kier alpha value is -2.84. The smallest absolute Gasteiger partial charge is 0.246 e. The van der Waals surface area contributed by atoms with Crippen LogP contribution in [0.15, 0.2) is 42.6 Å². The number of fused-ring (bicyclic) bond motifs is 1. The van der Waals surface area contributed by atoms with Crippen molar-refractivity contribution < 1.29 is 13.9 Å². The second-order valence-corrected chi connectivity index (χ2v) is 7.54. The van der Waals surface area contributed by atoms with Crippen LogP contribution in [0, 0.1) is 5.82 Å². The normalized spacial score (nSPS) is 18.7. The van der Waals surface area contributed by atoms with Gasteiger partial charge in [-0.2, -0.15) is 0 Å². The first-order chi connectivity index (χ1) is 14.2. The summed E-state index contributed by atoms with van der Waals surface area (Å²) in [5.74, 6) is 0.715. The van der Waals surface area contributed by atoms with Crippen LogP contribution < -0.4 is 5.32 Å². The van der Waals surface area contributed by atoms with Gasteiger partial charge in [0.25, 0.3) is 0 Å². The third kappa shape index (κ3) is 3.61. The molecule has 1 saturated heterocycles. The van der Waals surface area contributed by atoms with Crippen molar-refractivity contribution in [2.75, 3.05) is 31.6 Å². The fourth-order valence-corrected chi connectivity index (χ4v) is 3.85. The molecule has 1 atom stereocenters. The van der Waals surface area contributed by atoms with Crippen molar-refractivity contribution in [3.8, 4) is 0 Å². The Morgan fingerprint density at radius 3 is 2.69 bits per heavy atom. The van der Waals surface area contributed by atoms with E-state index in [1.165, 1.54) is 6.07 Å². The molecule has 3 heterocycles. The molecule has 0 radical (unpaired) electrons. The molecular formula is C21H22FN5O2. The van der Waals surface area contributed by atoms with Gasteiger partial charge in [-0.3, -0.25) is 14.1 Å². The van der Waals surface area contributed by atoms with Crippen molar-refractivity contribution in [1.29, 1.82) is 0 Å². The van der Waals surface area contributed by atoms with Crippen molar-refractivity contribution in [1.82, 2.24) is 19.5 Å². The number of rotatable bonds is 5. The minimum atomic E-state index is -0.723. The van der Waals surface area contributed by atoms with Gasteiger partial charge in [-0.15, -0.1) is 10.2 Å². The van der Waals surface area contributed by atoms with E-state index >= 15 is 0 Å². The molecule has 1 aliphatic heterocycles. The minimum absolute atomic E-state index is 0.266. The van der Waals surface area contributed by atoms with E-state index in [9.17, 15) is 9.18 Å². The van der Waals surface area contributed by atoms with E-state index in [4.69, 9.17) is 4.74 Å². The molecule has 2 fully saturated rings. The van der Waals surface area contributed by atoms with Gasteiger partial charge in [0.1, 0.15) is 17.7 Å². The van der Waals surface area contributed by atoms with Crippen LogP contribution in [0.2, 0.25) is 0 Å². The van der Waals surface area contributed by atoms with Crippen LogP contribution in [-0.4, -0.2) is 51.7 Å². The molecule has 2 aromatic heterocycles. The van der Waals surface area contributed by atoms with Gasteiger partial charge in [0.2, 0.25) is 5.91 Å². The number of benzene rings is 1. The van der Waals surface area contributed by atoms with Crippen molar-refractivity contribution in [2.45, 2.75) is 24.8 Å². The number of ether oxygens (including phenoxy) is 1. The van der Waals surface area contributed by atoms with Crippen LogP contribution >= 0.6 is 0 Å². The number of carbonyl (C=O) groups is 1. The van der Waals surface area contributed by atoms with Gasteiger partial charge in [0, 0.05) is 30.8 Å². The number of anilines is 1. The SMILES string of the molecule is O=C(Nc1ccc2nnc(C3CC3)n2c1)C(c1ccccc1F)N1CCOCC1. The highest BCUT2D eigenvalue weighted by Gasteiger charge is 2.32. The minimum Gasteiger partial charge on any atom is -0.379 e. The van der Waals surface area contributed by atoms with Crippen molar-refractivity contribution >= 4 is 17.2 Å². The maximum atomic E-state index is 14.6. The van der Waals surface area contributed by atoms with Gasteiger partial charge in [-0.05, 0) is 31.0 Å². The molecule has 1 amide bonds. The van der Waals surface area contributed by atoms with Crippen molar-refractivity contribution in [3.05, 3.63) is 59.8 Å². The lowest BCUT2D eigenvalue weighted by molar-refractivity contribution is -0.123. The predicted octanol–water partition coefficient (Wildman–Crippen LogP) is 2.76. The van der Waals surface area contributed by atoms with Gasteiger partial charge in [0.05, 0.1) is 18.9 Å². The number of hydrogen-bond donors (Lipinski definition) is 1. The molecule has 1 aromatic carbocycles. The molecule has 1 aliphatic carbocycles. The molecule has 0 bridgehead atoms. The predicted molar refractivity (Wildman–Crippen MR) is 105 cm³/mol. The Kier molecular flexibility index (Phi) is 4.73. The largest absolute Gasteiger partial charge is 0.379 e. The van der Waals surface area contributed by atoms with Crippen LogP contribution in [0.1, 0.15) is 36.2 Å². The highest BCUT2D eigenvalue weighted by molar-refractivity contribution is 5.95. The van der Waals surface area contributed by atoms with E-state index in [-0.39, 0.29) is 11.7 Å². The Balaban J connectivity index is 1.45. The number of aromatic nitrogens is 3. The summed E-state index contributed by atoms with van der Waals surface area (Å²) in [7, 11) is 0. The van der Waals surface area contributed by atoms with Crippen LogP contribution in [0.25, 0.3) is 5.65 Å². The first-order valence-electron chi connectivity index (χ1n) is 9.92. The van der Waals surface area contributed by atoms with Gasteiger partial charge in [-0.1, -0.05) is 18.2 Å². The zero-order valence-corrected chi connectivity index (χ0v) is 15.9. The number of pyridine rings is 1. The van der Waals surface area contributed by atoms with E-state index in [1.807, 2.05) is 21.6 Å². The lowest BCUT2D eigenvalue weighted by atomic mass is 10.0. The number of nitrogens with zero attached hydrogens (tertiary/aromatic N) is 4. The molecule has 5 rings (SSSR count). The first kappa shape index (κ1) is 18.2. The summed E-state index contributed by atoms with van der Waals surface area (Å²) in [6, 6.07) is 9.36. The average molecular weight is 395 g/mol. The molecule has 1 unspecified atom stereocenters. The van der Waals surface area contributed by atoms with E-state index in [0.717, 1.165) is 24.3 Å². The number of amides is 1. The van der Waals surface area contributed by atoms with E-state index in [0.29, 0.717) is 43.5 Å². The molecule has 0 spiro atoms. The lowest BCUT2D eigenvalue weighted by Gasteiger charge is -2.33. The number of carbonyl (C=O) groups excluding carboxylic acids is 1. The molecule has 150 valence electrons. The summed E-state index contributed by atoms with van der Waals surface area (Å²) in [5, 5.41) is 11.4. The highest BCUT2D eigenvalue weighted by Crippen LogP contribution is 2.39. The van der Waals surface area contributed by atoms with Crippen molar-refractivity contribution in [3.63, 3.8) is 0 Å². The maximum absolute atomic E-state index is 14.6. The molecule has 8 heteroatoms. The third-order valence-corrected chi connectivity index (χ3v) is 5.50. The van der Waals surface area contributed by atoms with Crippen LogP contribution in [0.5, 0.6) is 0 Å². The molecule has 1 N–H and O–H groups in total. The Labute approximate surface area is 167 Å². The van der Waals surface area contributed by atoms with E-state index in [1.54, 1.807) is 24.3 Å². The number of hydrogen-bond acceptors (Lipinski definition) is 5. The van der Waals surface area contributed by atoms with Gasteiger partial charge in [0.15, 0.2) is 5.65 Å².